The summed E-state index contributed by atoms with van der Waals surface area (Å²) < 4.78 is 5.73. The minimum atomic E-state index is -0.754. The maximum Gasteiger partial charge on any atom is 0.318 e. The number of allylic oxidation sites excluding steroid dienone is 1. The molecule has 0 saturated carbocycles. The summed E-state index contributed by atoms with van der Waals surface area (Å²) in [5.74, 6) is 0.432. The molecule has 0 amide bonds. The normalized spacial score (nSPS) is 11.2. The van der Waals surface area contributed by atoms with Gasteiger partial charge in [0.25, 0.3) is 5.69 Å². The molecule has 32 heavy (non-hydrogen) atoms. The number of H-pyrrole nitrogens is 1. The second kappa shape index (κ2) is 8.37. The van der Waals surface area contributed by atoms with Gasteiger partial charge in [0.15, 0.2) is 0 Å². The molecular weight excluding hydrogens is 414 g/mol. The van der Waals surface area contributed by atoms with Gasteiger partial charge in [-0.15, -0.1) is 0 Å². The summed E-state index contributed by atoms with van der Waals surface area (Å²) in [5, 5.41) is 32.0. The Hall–Kier alpha value is -5.04. The van der Waals surface area contributed by atoms with Crippen LogP contribution in [0.2, 0.25) is 0 Å². The highest BCUT2D eigenvalue weighted by atomic mass is 16.6. The standard InChI is InChI=1S/C22H13N5O5/c23-13-15(22-24-17-6-2-3-7-18(17)25-22)11-14-5-1-4-8-20(14)32-21-10-9-16(26(28)29)12-19(21)27(30)31/h1-12H,(H,24,25)/b15-11-. The van der Waals surface area contributed by atoms with Crippen LogP contribution in [-0.4, -0.2) is 19.8 Å². The molecule has 4 rings (SSSR count). The number of para-hydroxylation sites is 3. The summed E-state index contributed by atoms with van der Waals surface area (Å²) in [6.07, 6.45) is 1.55. The van der Waals surface area contributed by atoms with E-state index in [4.69, 9.17) is 4.74 Å². The van der Waals surface area contributed by atoms with Crippen LogP contribution in [0, 0.1) is 31.6 Å². The largest absolute Gasteiger partial charge is 0.449 e. The molecule has 0 aliphatic heterocycles. The molecule has 156 valence electrons. The molecule has 0 aliphatic carbocycles. The van der Waals surface area contributed by atoms with E-state index in [0.717, 1.165) is 17.6 Å². The minimum Gasteiger partial charge on any atom is -0.449 e. The van der Waals surface area contributed by atoms with E-state index in [2.05, 4.69) is 16.0 Å². The maximum absolute atomic E-state index is 11.4. The van der Waals surface area contributed by atoms with E-state index < -0.39 is 21.2 Å². The molecule has 0 aliphatic rings. The van der Waals surface area contributed by atoms with E-state index in [1.165, 1.54) is 6.07 Å². The zero-order chi connectivity index (χ0) is 22.7. The molecule has 0 saturated heterocycles. The van der Waals surface area contributed by atoms with Crippen LogP contribution >= 0.6 is 0 Å². The molecule has 0 bridgehead atoms. The number of fused-ring (bicyclic) bond motifs is 1. The third kappa shape index (κ3) is 3.99. The molecule has 0 fully saturated rings. The Morgan fingerprint density at radius 1 is 1.00 bits per heavy atom. The topological polar surface area (TPSA) is 148 Å². The lowest BCUT2D eigenvalue weighted by Gasteiger charge is -2.09. The van der Waals surface area contributed by atoms with Crippen LogP contribution in [0.25, 0.3) is 22.7 Å². The fraction of sp³-hybridized carbons (Fsp3) is 0. The quantitative estimate of drug-likeness (QED) is 0.251. The average molecular weight is 427 g/mol. The molecule has 10 nitrogen and oxygen atoms in total. The second-order valence-corrected chi connectivity index (χ2v) is 6.58. The first-order chi connectivity index (χ1) is 15.5. The Bertz CT molecular complexity index is 1400. The van der Waals surface area contributed by atoms with Crippen LogP contribution < -0.4 is 4.74 Å². The monoisotopic (exact) mass is 427 g/mol. The molecule has 0 radical (unpaired) electrons. The Labute approximate surface area is 180 Å². The molecular formula is C22H13N5O5. The van der Waals surface area contributed by atoms with Crippen LogP contribution in [0.15, 0.2) is 66.7 Å². The van der Waals surface area contributed by atoms with Crippen LogP contribution in [0.5, 0.6) is 11.5 Å². The Morgan fingerprint density at radius 2 is 1.75 bits per heavy atom. The predicted molar refractivity (Wildman–Crippen MR) is 116 cm³/mol. The van der Waals surface area contributed by atoms with E-state index in [1.807, 2.05) is 24.3 Å². The number of aromatic nitrogens is 2. The number of aromatic amines is 1. The summed E-state index contributed by atoms with van der Waals surface area (Å²) in [7, 11) is 0. The summed E-state index contributed by atoms with van der Waals surface area (Å²) in [6, 6.07) is 19.2. The number of benzene rings is 3. The lowest BCUT2D eigenvalue weighted by molar-refractivity contribution is -0.394. The molecule has 1 heterocycles. The fourth-order valence-electron chi connectivity index (χ4n) is 3.05. The van der Waals surface area contributed by atoms with Crippen LogP contribution in [0.4, 0.5) is 11.4 Å². The van der Waals surface area contributed by atoms with E-state index >= 15 is 0 Å². The van der Waals surface area contributed by atoms with Gasteiger partial charge in [0.2, 0.25) is 5.75 Å². The van der Waals surface area contributed by atoms with Crippen LogP contribution in [-0.2, 0) is 0 Å². The third-order valence-corrected chi connectivity index (χ3v) is 4.55. The molecule has 0 atom stereocenters. The number of nitriles is 1. The van der Waals surface area contributed by atoms with Crippen molar-refractivity contribution in [2.75, 3.05) is 0 Å². The molecule has 1 aromatic heterocycles. The van der Waals surface area contributed by atoms with Gasteiger partial charge < -0.3 is 9.72 Å². The summed E-state index contributed by atoms with van der Waals surface area (Å²) in [5.41, 5.74) is 1.21. The van der Waals surface area contributed by atoms with Gasteiger partial charge in [-0.05, 0) is 30.3 Å². The lowest BCUT2D eigenvalue weighted by Crippen LogP contribution is -1.97. The lowest BCUT2D eigenvalue weighted by atomic mass is 10.1. The van der Waals surface area contributed by atoms with E-state index in [0.29, 0.717) is 16.9 Å². The number of rotatable bonds is 6. The maximum atomic E-state index is 11.4. The van der Waals surface area contributed by atoms with Gasteiger partial charge in [-0.3, -0.25) is 20.2 Å². The van der Waals surface area contributed by atoms with Gasteiger partial charge in [0.05, 0.1) is 32.5 Å². The van der Waals surface area contributed by atoms with Crippen molar-refractivity contribution >= 4 is 34.1 Å². The van der Waals surface area contributed by atoms with Crippen molar-refractivity contribution in [3.63, 3.8) is 0 Å². The molecule has 10 heteroatoms. The van der Waals surface area contributed by atoms with Gasteiger partial charge in [-0.1, -0.05) is 30.3 Å². The average Bonchev–Trinajstić information content (AvgIpc) is 3.22. The van der Waals surface area contributed by atoms with Gasteiger partial charge in [0.1, 0.15) is 17.6 Å². The van der Waals surface area contributed by atoms with Crippen molar-refractivity contribution in [1.82, 2.24) is 9.97 Å². The van der Waals surface area contributed by atoms with Crippen molar-refractivity contribution in [3.05, 3.63) is 98.3 Å². The molecule has 4 aromatic rings. The minimum absolute atomic E-state index is 0.163. The second-order valence-electron chi connectivity index (χ2n) is 6.58. The van der Waals surface area contributed by atoms with Crippen molar-refractivity contribution < 1.29 is 14.6 Å². The predicted octanol–water partition coefficient (Wildman–Crippen LogP) is 5.24. The van der Waals surface area contributed by atoms with Crippen molar-refractivity contribution in [2.24, 2.45) is 0 Å². The smallest absolute Gasteiger partial charge is 0.318 e. The number of nitro benzene ring substituents is 2. The third-order valence-electron chi connectivity index (χ3n) is 4.55. The molecule has 3 aromatic carbocycles. The number of nitrogens with one attached hydrogen (secondary N) is 1. The molecule has 1 N–H and O–H groups in total. The van der Waals surface area contributed by atoms with Crippen molar-refractivity contribution in [2.45, 2.75) is 0 Å². The SMILES string of the molecule is N#C/C(=C/c1ccccc1Oc1ccc([N+](=O)[O-])cc1[N+](=O)[O-])c1nc2ccccc2[nH]1. The zero-order valence-electron chi connectivity index (χ0n) is 16.3. The Kier molecular flexibility index (Phi) is 5.29. The number of imidazole rings is 1. The van der Waals surface area contributed by atoms with E-state index in [-0.39, 0.29) is 17.1 Å². The van der Waals surface area contributed by atoms with Gasteiger partial charge in [-0.25, -0.2) is 4.98 Å². The van der Waals surface area contributed by atoms with Crippen molar-refractivity contribution in [3.8, 4) is 17.6 Å². The summed E-state index contributed by atoms with van der Waals surface area (Å²) in [4.78, 5) is 28.4. The fourth-order valence-corrected chi connectivity index (χ4v) is 3.05. The number of non-ortho nitro benzene ring substituents is 1. The molecule has 0 unspecified atom stereocenters. The highest BCUT2D eigenvalue weighted by Crippen LogP contribution is 2.36. The number of nitro groups is 2. The van der Waals surface area contributed by atoms with Crippen LogP contribution in [0.3, 0.4) is 0 Å². The van der Waals surface area contributed by atoms with Gasteiger partial charge in [0, 0.05) is 11.6 Å². The summed E-state index contributed by atoms with van der Waals surface area (Å²) in [6.45, 7) is 0. The highest BCUT2D eigenvalue weighted by molar-refractivity contribution is 5.91. The van der Waals surface area contributed by atoms with Crippen molar-refractivity contribution in [1.29, 1.82) is 5.26 Å². The van der Waals surface area contributed by atoms with E-state index in [1.54, 1.807) is 30.3 Å². The first-order valence-electron chi connectivity index (χ1n) is 9.23. The molecule has 0 spiro atoms. The number of hydrogen-bond acceptors (Lipinski definition) is 7. The highest BCUT2D eigenvalue weighted by Gasteiger charge is 2.22. The van der Waals surface area contributed by atoms with Gasteiger partial charge >= 0.3 is 5.69 Å². The Morgan fingerprint density at radius 3 is 2.47 bits per heavy atom. The zero-order valence-corrected chi connectivity index (χ0v) is 16.3. The Balaban J connectivity index is 1.74. The van der Waals surface area contributed by atoms with Gasteiger partial charge in [-0.2, -0.15) is 5.26 Å². The number of ether oxygens (including phenoxy) is 1. The first kappa shape index (κ1) is 20.2. The summed E-state index contributed by atoms with van der Waals surface area (Å²) >= 11 is 0. The van der Waals surface area contributed by atoms with E-state index in [9.17, 15) is 25.5 Å². The number of hydrogen-bond donors (Lipinski definition) is 1. The number of nitrogens with zero attached hydrogens (tertiary/aromatic N) is 4. The first-order valence-corrected chi connectivity index (χ1v) is 9.23. The van der Waals surface area contributed by atoms with Crippen LogP contribution in [0.1, 0.15) is 11.4 Å².